The first-order valence-corrected chi connectivity index (χ1v) is 7.87. The number of alkyl halides is 1. The van der Waals surface area contributed by atoms with E-state index >= 15 is 0 Å². The van der Waals surface area contributed by atoms with Gasteiger partial charge in [0.05, 0.1) is 17.4 Å². The summed E-state index contributed by atoms with van der Waals surface area (Å²) in [4.78, 5) is 12.8. The van der Waals surface area contributed by atoms with Crippen LogP contribution in [-0.2, 0) is 12.2 Å². The number of fused-ring (bicyclic) bond motifs is 1. The van der Waals surface area contributed by atoms with E-state index in [9.17, 15) is 4.39 Å². The molecular weight excluding hydrogens is 315 g/mol. The van der Waals surface area contributed by atoms with Gasteiger partial charge in [-0.3, -0.25) is 0 Å². The lowest BCUT2D eigenvalue weighted by molar-refractivity contribution is 0.206. The highest BCUT2D eigenvalue weighted by Gasteiger charge is 2.24. The molecule has 0 aromatic carbocycles. The summed E-state index contributed by atoms with van der Waals surface area (Å²) >= 11 is 6.05. The number of nitrogens with zero attached hydrogens (tertiary/aromatic N) is 4. The summed E-state index contributed by atoms with van der Waals surface area (Å²) in [6.07, 6.45) is 3.75. The number of pyridine rings is 1. The summed E-state index contributed by atoms with van der Waals surface area (Å²) in [6.45, 7) is 7.61. The molecule has 0 atom stereocenters. The molecule has 3 aromatic rings. The number of aryl methyl sites for hydroxylation is 2. The monoisotopic (exact) mass is 332 g/mol. The van der Waals surface area contributed by atoms with Gasteiger partial charge in [0.2, 0.25) is 0 Å². The summed E-state index contributed by atoms with van der Waals surface area (Å²) in [6, 6.07) is 3.68. The van der Waals surface area contributed by atoms with E-state index in [0.29, 0.717) is 10.8 Å². The van der Waals surface area contributed by atoms with Gasteiger partial charge in [-0.15, -0.1) is 0 Å². The van der Waals surface area contributed by atoms with Gasteiger partial charge in [-0.2, -0.15) is 0 Å². The van der Waals surface area contributed by atoms with Crippen LogP contribution < -0.4 is 0 Å². The second kappa shape index (κ2) is 5.57. The van der Waals surface area contributed by atoms with Gasteiger partial charge in [0.25, 0.3) is 0 Å². The SMILES string of the molecule is CCn1cc(-c2cc(C)nc(C(C)(C)F)n2)c2cc(Cl)ncc21. The van der Waals surface area contributed by atoms with E-state index in [0.717, 1.165) is 28.7 Å². The molecule has 0 aliphatic rings. The smallest absolute Gasteiger partial charge is 0.166 e. The molecule has 0 amide bonds. The van der Waals surface area contributed by atoms with Crippen molar-refractivity contribution in [3.8, 4) is 11.3 Å². The maximum atomic E-state index is 14.3. The average Bonchev–Trinajstić information content (AvgIpc) is 2.83. The summed E-state index contributed by atoms with van der Waals surface area (Å²) in [7, 11) is 0. The Bertz CT molecular complexity index is 880. The largest absolute Gasteiger partial charge is 0.346 e. The van der Waals surface area contributed by atoms with Crippen molar-refractivity contribution in [2.75, 3.05) is 0 Å². The van der Waals surface area contributed by atoms with Gasteiger partial charge < -0.3 is 4.57 Å². The summed E-state index contributed by atoms with van der Waals surface area (Å²) in [5, 5.41) is 1.37. The van der Waals surface area contributed by atoms with E-state index in [1.54, 1.807) is 6.20 Å². The maximum absolute atomic E-state index is 14.3. The molecule has 3 heterocycles. The standard InChI is InChI=1S/C17H18ClFN4/c1-5-23-9-12(11-7-15(18)20-8-14(11)23)13-6-10(2)21-16(22-13)17(3,4)19/h6-9H,5H2,1-4H3. The Morgan fingerprint density at radius 1 is 1.26 bits per heavy atom. The molecule has 0 radical (unpaired) electrons. The third-order valence-corrected chi connectivity index (χ3v) is 3.94. The van der Waals surface area contributed by atoms with Crippen LogP contribution in [0.5, 0.6) is 0 Å². The first kappa shape index (κ1) is 15.9. The van der Waals surface area contributed by atoms with Crippen molar-refractivity contribution in [2.45, 2.75) is 39.9 Å². The zero-order valence-electron chi connectivity index (χ0n) is 13.6. The highest BCUT2D eigenvalue weighted by atomic mass is 35.5. The van der Waals surface area contributed by atoms with Crippen molar-refractivity contribution in [1.82, 2.24) is 19.5 Å². The Morgan fingerprint density at radius 3 is 2.65 bits per heavy atom. The molecule has 0 saturated carbocycles. The van der Waals surface area contributed by atoms with E-state index in [2.05, 4.69) is 26.4 Å². The minimum absolute atomic E-state index is 0.185. The number of hydrogen-bond acceptors (Lipinski definition) is 3. The summed E-state index contributed by atoms with van der Waals surface area (Å²) < 4.78 is 16.4. The molecule has 0 aliphatic heterocycles. The van der Waals surface area contributed by atoms with Crippen molar-refractivity contribution in [1.29, 1.82) is 0 Å². The van der Waals surface area contributed by atoms with E-state index < -0.39 is 5.67 Å². The molecule has 0 aliphatic carbocycles. The van der Waals surface area contributed by atoms with Gasteiger partial charge in [0, 0.05) is 29.4 Å². The molecule has 0 bridgehead atoms. The van der Waals surface area contributed by atoms with E-state index in [1.807, 2.05) is 25.3 Å². The first-order valence-electron chi connectivity index (χ1n) is 7.49. The molecule has 0 unspecified atom stereocenters. The van der Waals surface area contributed by atoms with E-state index in [4.69, 9.17) is 11.6 Å². The van der Waals surface area contributed by atoms with Crippen LogP contribution in [0.25, 0.3) is 22.2 Å². The number of aromatic nitrogens is 4. The second-order valence-electron chi connectivity index (χ2n) is 6.04. The Balaban J connectivity index is 2.29. The summed E-state index contributed by atoms with van der Waals surface area (Å²) in [5.74, 6) is 0.185. The Hall–Kier alpha value is -2.01. The minimum atomic E-state index is -1.59. The van der Waals surface area contributed by atoms with Crippen LogP contribution in [0, 0.1) is 6.92 Å². The molecule has 3 aromatic heterocycles. The van der Waals surface area contributed by atoms with Gasteiger partial charge in [0.15, 0.2) is 11.5 Å². The van der Waals surface area contributed by atoms with Crippen LogP contribution in [-0.4, -0.2) is 19.5 Å². The fourth-order valence-electron chi connectivity index (χ4n) is 2.60. The Kier molecular flexibility index (Phi) is 3.84. The highest BCUT2D eigenvalue weighted by Crippen LogP contribution is 2.32. The third-order valence-electron chi connectivity index (χ3n) is 3.74. The van der Waals surface area contributed by atoms with Crippen LogP contribution in [0.4, 0.5) is 4.39 Å². The fraction of sp³-hybridized carbons (Fsp3) is 0.353. The van der Waals surface area contributed by atoms with Gasteiger partial charge in [0.1, 0.15) is 5.15 Å². The van der Waals surface area contributed by atoms with E-state index in [1.165, 1.54) is 13.8 Å². The van der Waals surface area contributed by atoms with E-state index in [-0.39, 0.29) is 5.82 Å². The molecule has 3 rings (SSSR count). The van der Waals surface area contributed by atoms with Crippen molar-refractivity contribution in [3.05, 3.63) is 41.2 Å². The predicted molar refractivity (Wildman–Crippen MR) is 90.3 cm³/mol. The van der Waals surface area contributed by atoms with Gasteiger partial charge in [-0.05, 0) is 39.8 Å². The molecule has 0 spiro atoms. The van der Waals surface area contributed by atoms with Crippen molar-refractivity contribution in [3.63, 3.8) is 0 Å². The summed E-state index contributed by atoms with van der Waals surface area (Å²) in [5.41, 5.74) is 1.71. The van der Waals surface area contributed by atoms with Crippen molar-refractivity contribution < 1.29 is 4.39 Å². The number of rotatable bonds is 3. The van der Waals surface area contributed by atoms with Gasteiger partial charge in [-0.1, -0.05) is 11.6 Å². The average molecular weight is 333 g/mol. The normalized spacial score (nSPS) is 12.1. The van der Waals surface area contributed by atoms with Gasteiger partial charge >= 0.3 is 0 Å². The highest BCUT2D eigenvalue weighted by molar-refractivity contribution is 6.30. The molecule has 120 valence electrons. The molecule has 6 heteroatoms. The first-order chi connectivity index (χ1) is 10.8. The van der Waals surface area contributed by atoms with Crippen molar-refractivity contribution >= 4 is 22.5 Å². The number of halogens is 2. The predicted octanol–water partition coefficient (Wildman–Crippen LogP) is 4.68. The van der Waals surface area contributed by atoms with Crippen molar-refractivity contribution in [2.24, 2.45) is 0 Å². The Labute approximate surface area is 139 Å². The molecule has 0 fully saturated rings. The zero-order chi connectivity index (χ0) is 16.8. The second-order valence-corrected chi connectivity index (χ2v) is 6.43. The molecule has 0 saturated heterocycles. The molecular formula is C17H18ClFN4. The van der Waals surface area contributed by atoms with Crippen LogP contribution in [0.15, 0.2) is 24.5 Å². The topological polar surface area (TPSA) is 43.6 Å². The lowest BCUT2D eigenvalue weighted by atomic mass is 10.1. The van der Waals surface area contributed by atoms with Crippen LogP contribution in [0.3, 0.4) is 0 Å². The quantitative estimate of drug-likeness (QED) is 0.654. The van der Waals surface area contributed by atoms with Crippen LogP contribution in [0.2, 0.25) is 5.15 Å². The lowest BCUT2D eigenvalue weighted by Crippen LogP contribution is -2.15. The van der Waals surface area contributed by atoms with Crippen LogP contribution >= 0.6 is 11.6 Å². The molecule has 4 nitrogen and oxygen atoms in total. The fourth-order valence-corrected chi connectivity index (χ4v) is 2.76. The van der Waals surface area contributed by atoms with Gasteiger partial charge in [-0.25, -0.2) is 19.3 Å². The molecule has 23 heavy (non-hydrogen) atoms. The lowest BCUT2D eigenvalue weighted by Gasteiger charge is -2.14. The third kappa shape index (κ3) is 2.93. The minimum Gasteiger partial charge on any atom is -0.346 e. The molecule has 0 N–H and O–H groups in total. The Morgan fingerprint density at radius 2 is 2.00 bits per heavy atom. The van der Waals surface area contributed by atoms with Crippen LogP contribution in [0.1, 0.15) is 32.3 Å². The maximum Gasteiger partial charge on any atom is 0.166 e. The zero-order valence-corrected chi connectivity index (χ0v) is 14.3. The number of hydrogen-bond donors (Lipinski definition) is 0.